The van der Waals surface area contributed by atoms with E-state index in [1.165, 1.54) is 6.07 Å². The van der Waals surface area contributed by atoms with Crippen LogP contribution in [-0.4, -0.2) is 21.6 Å². The number of benzene rings is 2. The van der Waals surface area contributed by atoms with Gasteiger partial charge in [0.05, 0.1) is 11.1 Å². The standard InChI is InChI=1S/C17H10F5NO3S/c18-10-3-11(19)5-12(4-10)26-7-9-1-2-14-15(13(9)6-23)16(24,8-27(14)25)17(20,21)22/h1-5,24H,7-8H2. The number of nitriles is 1. The van der Waals surface area contributed by atoms with Gasteiger partial charge in [0.2, 0.25) is 5.60 Å². The average Bonchev–Trinajstić information content (AvgIpc) is 2.83. The maximum atomic E-state index is 13.4. The Morgan fingerprint density at radius 2 is 1.85 bits per heavy atom. The minimum atomic E-state index is -5.15. The number of halogens is 5. The molecule has 1 heterocycles. The van der Waals surface area contributed by atoms with E-state index in [1.54, 1.807) is 6.07 Å². The summed E-state index contributed by atoms with van der Waals surface area (Å²) in [5, 5.41) is 19.5. The Hall–Kier alpha value is -2.35. The molecule has 0 aromatic heterocycles. The van der Waals surface area contributed by atoms with Crippen LogP contribution >= 0.6 is 0 Å². The summed E-state index contributed by atoms with van der Waals surface area (Å²) in [6, 6.07) is 6.26. The summed E-state index contributed by atoms with van der Waals surface area (Å²) in [4.78, 5) is -0.285. The second-order valence-electron chi connectivity index (χ2n) is 5.83. The van der Waals surface area contributed by atoms with Gasteiger partial charge in [-0.05, 0) is 23.3 Å². The Morgan fingerprint density at radius 3 is 2.41 bits per heavy atom. The van der Waals surface area contributed by atoms with Crippen LogP contribution in [0.3, 0.4) is 0 Å². The van der Waals surface area contributed by atoms with Gasteiger partial charge in [-0.3, -0.25) is 0 Å². The molecule has 0 bridgehead atoms. The monoisotopic (exact) mass is 403 g/mol. The van der Waals surface area contributed by atoms with Gasteiger partial charge >= 0.3 is 6.18 Å². The maximum Gasteiger partial charge on any atom is 0.426 e. The zero-order chi connectivity index (χ0) is 20.0. The predicted octanol–water partition coefficient (Wildman–Crippen LogP) is 3.29. The summed E-state index contributed by atoms with van der Waals surface area (Å²) in [7, 11) is 0. The highest BCUT2D eigenvalue weighted by molar-refractivity contribution is 7.91. The van der Waals surface area contributed by atoms with Gasteiger partial charge in [0, 0.05) is 23.8 Å². The van der Waals surface area contributed by atoms with E-state index in [1.807, 2.05) is 0 Å². The van der Waals surface area contributed by atoms with Crippen molar-refractivity contribution in [3.63, 3.8) is 0 Å². The number of fused-ring (bicyclic) bond motifs is 1. The van der Waals surface area contributed by atoms with Gasteiger partial charge < -0.3 is 14.4 Å². The highest BCUT2D eigenvalue weighted by Crippen LogP contribution is 2.49. The summed E-state index contributed by atoms with van der Waals surface area (Å²) in [5.74, 6) is -3.17. The second-order valence-corrected chi connectivity index (χ2v) is 7.25. The Morgan fingerprint density at radius 1 is 1.22 bits per heavy atom. The van der Waals surface area contributed by atoms with E-state index in [-0.39, 0.29) is 16.2 Å². The SMILES string of the molecule is N#Cc1c(COc2cc(F)cc(F)c2)ccc2c1C(O)(C(F)(F)F)C[S+]2[O-]. The molecule has 2 atom stereocenters. The lowest BCUT2D eigenvalue weighted by Crippen LogP contribution is -2.44. The van der Waals surface area contributed by atoms with Crippen LogP contribution < -0.4 is 4.74 Å². The van der Waals surface area contributed by atoms with Gasteiger partial charge in [0.1, 0.15) is 30.1 Å². The van der Waals surface area contributed by atoms with Crippen LogP contribution in [0.4, 0.5) is 22.0 Å². The molecule has 1 aliphatic rings. The molecule has 1 N–H and O–H groups in total. The molecule has 1 aliphatic heterocycles. The van der Waals surface area contributed by atoms with Crippen molar-refractivity contribution in [2.24, 2.45) is 0 Å². The fraction of sp³-hybridized carbons (Fsp3) is 0.235. The molecule has 0 fully saturated rings. The van der Waals surface area contributed by atoms with Crippen molar-refractivity contribution in [3.8, 4) is 11.8 Å². The number of nitrogens with zero attached hydrogens (tertiary/aromatic N) is 1. The van der Waals surface area contributed by atoms with Crippen LogP contribution in [0.5, 0.6) is 5.75 Å². The largest absolute Gasteiger partial charge is 0.611 e. The van der Waals surface area contributed by atoms with Gasteiger partial charge in [-0.25, -0.2) is 8.78 Å². The van der Waals surface area contributed by atoms with E-state index >= 15 is 0 Å². The lowest BCUT2D eigenvalue weighted by molar-refractivity contribution is -0.256. The molecule has 0 saturated heterocycles. The molecule has 4 nitrogen and oxygen atoms in total. The van der Waals surface area contributed by atoms with Crippen LogP contribution in [-0.2, 0) is 23.4 Å². The van der Waals surface area contributed by atoms with Crippen molar-refractivity contribution in [1.82, 2.24) is 0 Å². The van der Waals surface area contributed by atoms with Crippen molar-refractivity contribution in [3.05, 3.63) is 58.7 Å². The smallest absolute Gasteiger partial charge is 0.426 e. The number of ether oxygens (including phenoxy) is 1. The first-order chi connectivity index (χ1) is 12.6. The van der Waals surface area contributed by atoms with E-state index in [9.17, 15) is 36.9 Å². The first-order valence-corrected chi connectivity index (χ1v) is 8.71. The minimum Gasteiger partial charge on any atom is -0.611 e. The van der Waals surface area contributed by atoms with E-state index < -0.39 is 58.1 Å². The Kier molecular flexibility index (Phi) is 4.80. The van der Waals surface area contributed by atoms with Crippen molar-refractivity contribution < 1.29 is 36.3 Å². The molecule has 0 amide bonds. The van der Waals surface area contributed by atoms with Gasteiger partial charge in [-0.1, -0.05) is 0 Å². The molecular weight excluding hydrogens is 393 g/mol. The number of alkyl halides is 3. The molecule has 2 aromatic rings. The molecule has 3 rings (SSSR count). The summed E-state index contributed by atoms with van der Waals surface area (Å²) >= 11 is -2.14. The third kappa shape index (κ3) is 3.34. The predicted molar refractivity (Wildman–Crippen MR) is 83.1 cm³/mol. The second kappa shape index (κ2) is 6.67. The molecule has 2 unspecified atom stereocenters. The van der Waals surface area contributed by atoms with Crippen LogP contribution in [0.25, 0.3) is 0 Å². The fourth-order valence-electron chi connectivity index (χ4n) is 2.81. The van der Waals surface area contributed by atoms with Crippen molar-refractivity contribution >= 4 is 11.2 Å². The quantitative estimate of drug-likeness (QED) is 0.630. The van der Waals surface area contributed by atoms with Gasteiger partial charge in [0.25, 0.3) is 0 Å². The molecular formula is C17H10F5NO3S. The van der Waals surface area contributed by atoms with Crippen LogP contribution in [0.1, 0.15) is 16.7 Å². The first-order valence-electron chi connectivity index (χ1n) is 7.39. The number of rotatable bonds is 3. The lowest BCUT2D eigenvalue weighted by atomic mass is 9.89. The Bertz CT molecular complexity index is 923. The van der Waals surface area contributed by atoms with E-state index in [4.69, 9.17) is 4.74 Å². The minimum absolute atomic E-state index is 0.0532. The third-order valence-electron chi connectivity index (χ3n) is 4.06. The van der Waals surface area contributed by atoms with Crippen molar-refractivity contribution in [1.29, 1.82) is 5.26 Å². The highest BCUT2D eigenvalue weighted by Gasteiger charge is 2.65. The topological polar surface area (TPSA) is 76.3 Å². The number of hydrogen-bond acceptors (Lipinski definition) is 4. The molecule has 0 spiro atoms. The van der Waals surface area contributed by atoms with E-state index in [0.717, 1.165) is 18.2 Å². The average molecular weight is 403 g/mol. The number of hydrogen-bond donors (Lipinski definition) is 1. The van der Waals surface area contributed by atoms with Gasteiger partial charge in [-0.15, -0.1) is 0 Å². The zero-order valence-electron chi connectivity index (χ0n) is 13.3. The summed E-state index contributed by atoms with van der Waals surface area (Å²) in [6.45, 7) is -0.486. The molecule has 0 saturated carbocycles. The normalized spacial score (nSPS) is 21.6. The Labute approximate surface area is 153 Å². The van der Waals surface area contributed by atoms with Crippen molar-refractivity contribution in [2.45, 2.75) is 23.3 Å². The van der Waals surface area contributed by atoms with Crippen molar-refractivity contribution in [2.75, 3.05) is 5.75 Å². The maximum absolute atomic E-state index is 13.4. The lowest BCUT2D eigenvalue weighted by Gasteiger charge is -2.24. The first kappa shape index (κ1) is 19.4. The molecule has 142 valence electrons. The summed E-state index contributed by atoms with van der Waals surface area (Å²) in [6.07, 6.45) is -5.15. The highest BCUT2D eigenvalue weighted by atomic mass is 32.2. The van der Waals surface area contributed by atoms with E-state index in [0.29, 0.717) is 6.07 Å². The Balaban J connectivity index is 2.02. The molecule has 10 heteroatoms. The van der Waals surface area contributed by atoms with E-state index in [2.05, 4.69) is 0 Å². The third-order valence-corrected chi connectivity index (χ3v) is 5.57. The van der Waals surface area contributed by atoms with Crippen LogP contribution in [0.2, 0.25) is 0 Å². The molecule has 0 radical (unpaired) electrons. The summed E-state index contributed by atoms with van der Waals surface area (Å²) < 4.78 is 83.7. The zero-order valence-corrected chi connectivity index (χ0v) is 14.1. The molecule has 0 aliphatic carbocycles. The number of aliphatic hydroxyl groups is 1. The summed E-state index contributed by atoms with van der Waals surface area (Å²) in [5.41, 5.74) is -4.79. The molecule has 27 heavy (non-hydrogen) atoms. The van der Waals surface area contributed by atoms with Crippen LogP contribution in [0, 0.1) is 23.0 Å². The molecule has 2 aromatic carbocycles. The van der Waals surface area contributed by atoms with Gasteiger partial charge in [-0.2, -0.15) is 18.4 Å². The van der Waals surface area contributed by atoms with Crippen LogP contribution in [0.15, 0.2) is 35.2 Å². The fourth-order valence-corrected chi connectivity index (χ4v) is 4.37. The van der Waals surface area contributed by atoms with Gasteiger partial charge in [0.15, 0.2) is 10.6 Å².